The third-order valence-corrected chi connectivity index (χ3v) is 3.36. The van der Waals surface area contributed by atoms with Crippen molar-refractivity contribution < 1.29 is 13.9 Å². The van der Waals surface area contributed by atoms with Crippen molar-refractivity contribution >= 4 is 5.91 Å². The average molecular weight is 266 g/mol. The van der Waals surface area contributed by atoms with Crippen LogP contribution < -0.4 is 10.6 Å². The molecule has 2 rings (SSSR count). The third-order valence-electron chi connectivity index (χ3n) is 3.36. The van der Waals surface area contributed by atoms with E-state index in [9.17, 15) is 4.79 Å². The van der Waals surface area contributed by atoms with Crippen molar-refractivity contribution in [2.75, 3.05) is 19.7 Å². The van der Waals surface area contributed by atoms with Crippen molar-refractivity contribution in [2.24, 2.45) is 0 Å². The van der Waals surface area contributed by atoms with Crippen LogP contribution in [0.2, 0.25) is 0 Å². The van der Waals surface area contributed by atoms with Gasteiger partial charge in [-0.1, -0.05) is 0 Å². The number of hydrogen-bond donors (Lipinski definition) is 2. The van der Waals surface area contributed by atoms with E-state index < -0.39 is 0 Å². The largest absolute Gasteiger partial charge is 0.469 e. The zero-order chi connectivity index (χ0) is 13.7. The van der Waals surface area contributed by atoms with Gasteiger partial charge in [0.15, 0.2) is 0 Å². The van der Waals surface area contributed by atoms with Gasteiger partial charge in [0.05, 0.1) is 11.9 Å². The monoisotopic (exact) mass is 266 g/mol. The molecular formula is C14H22N2O3. The second-order valence-electron chi connectivity index (χ2n) is 5.43. The maximum atomic E-state index is 11.7. The van der Waals surface area contributed by atoms with Gasteiger partial charge in [0.1, 0.15) is 12.4 Å². The van der Waals surface area contributed by atoms with E-state index >= 15 is 0 Å². The molecule has 1 saturated heterocycles. The summed E-state index contributed by atoms with van der Waals surface area (Å²) < 4.78 is 10.8. The lowest BCUT2D eigenvalue weighted by molar-refractivity contribution is -0.136. The van der Waals surface area contributed by atoms with Crippen LogP contribution in [0.4, 0.5) is 0 Å². The number of hydrogen-bond acceptors (Lipinski definition) is 4. The van der Waals surface area contributed by atoms with E-state index in [1.165, 1.54) is 0 Å². The van der Waals surface area contributed by atoms with Crippen LogP contribution in [0.1, 0.15) is 26.0 Å². The molecule has 2 N–H and O–H groups in total. The molecule has 1 amide bonds. The number of rotatable bonds is 7. The Labute approximate surface area is 113 Å². The van der Waals surface area contributed by atoms with Crippen molar-refractivity contribution in [1.82, 2.24) is 10.6 Å². The van der Waals surface area contributed by atoms with Crippen molar-refractivity contribution in [3.8, 4) is 0 Å². The quantitative estimate of drug-likeness (QED) is 0.775. The molecule has 1 atom stereocenters. The Balaban J connectivity index is 1.61. The first kappa shape index (κ1) is 14.1. The van der Waals surface area contributed by atoms with E-state index in [0.717, 1.165) is 31.7 Å². The van der Waals surface area contributed by atoms with Gasteiger partial charge in [-0.25, -0.2) is 0 Å². The summed E-state index contributed by atoms with van der Waals surface area (Å²) in [5.74, 6) is 0.894. The van der Waals surface area contributed by atoms with Crippen molar-refractivity contribution in [2.45, 2.75) is 38.3 Å². The first-order chi connectivity index (χ1) is 9.07. The summed E-state index contributed by atoms with van der Waals surface area (Å²) >= 11 is 0. The number of furan rings is 1. The molecule has 0 bridgehead atoms. The van der Waals surface area contributed by atoms with E-state index in [0.29, 0.717) is 0 Å². The van der Waals surface area contributed by atoms with Gasteiger partial charge in [0, 0.05) is 25.6 Å². The van der Waals surface area contributed by atoms with Gasteiger partial charge in [0.2, 0.25) is 5.91 Å². The number of amides is 1. The van der Waals surface area contributed by atoms with Crippen LogP contribution >= 0.6 is 0 Å². The molecule has 1 aliphatic heterocycles. The Kier molecular flexibility index (Phi) is 4.61. The van der Waals surface area contributed by atoms with Gasteiger partial charge in [-0.15, -0.1) is 0 Å². The van der Waals surface area contributed by atoms with Crippen LogP contribution in [0.3, 0.4) is 0 Å². The minimum absolute atomic E-state index is 0.0555. The van der Waals surface area contributed by atoms with Gasteiger partial charge in [-0.05, 0) is 32.4 Å². The Bertz CT molecular complexity index is 399. The van der Waals surface area contributed by atoms with Crippen LogP contribution in [0.5, 0.6) is 0 Å². The molecule has 5 heteroatoms. The molecular weight excluding hydrogens is 244 g/mol. The molecule has 106 valence electrons. The fraction of sp³-hybridized carbons (Fsp3) is 0.643. The lowest BCUT2D eigenvalue weighted by Gasteiger charge is -2.38. The zero-order valence-corrected chi connectivity index (χ0v) is 11.6. The number of carbonyl (C=O) groups excluding carboxylic acids is 1. The van der Waals surface area contributed by atoms with E-state index in [1.807, 2.05) is 26.0 Å². The first-order valence-electron chi connectivity index (χ1n) is 6.74. The zero-order valence-electron chi connectivity index (χ0n) is 11.6. The number of aryl methyl sites for hydroxylation is 1. The van der Waals surface area contributed by atoms with Gasteiger partial charge >= 0.3 is 0 Å². The molecule has 0 spiro atoms. The second kappa shape index (κ2) is 6.21. The summed E-state index contributed by atoms with van der Waals surface area (Å²) in [6.45, 7) is 5.76. The molecule has 0 saturated carbocycles. The maximum Gasteiger partial charge on any atom is 0.246 e. The molecule has 0 aliphatic carbocycles. The van der Waals surface area contributed by atoms with Gasteiger partial charge in [-0.3, -0.25) is 4.79 Å². The summed E-state index contributed by atoms with van der Waals surface area (Å²) in [7, 11) is 0. The molecule has 5 nitrogen and oxygen atoms in total. The molecule has 0 radical (unpaired) electrons. The highest BCUT2D eigenvalue weighted by Crippen LogP contribution is 2.14. The molecule has 1 aromatic heterocycles. The smallest absolute Gasteiger partial charge is 0.246 e. The Morgan fingerprint density at radius 2 is 2.42 bits per heavy atom. The highest BCUT2D eigenvalue weighted by molar-refractivity contribution is 5.77. The molecule has 0 aromatic carbocycles. The number of ether oxygens (including phenoxy) is 1. The molecule has 1 aromatic rings. The van der Waals surface area contributed by atoms with E-state index in [1.54, 1.807) is 6.26 Å². The average Bonchev–Trinajstić information content (AvgIpc) is 2.84. The van der Waals surface area contributed by atoms with Gasteiger partial charge in [0.25, 0.3) is 0 Å². The van der Waals surface area contributed by atoms with Crippen LogP contribution in [0.15, 0.2) is 22.8 Å². The van der Waals surface area contributed by atoms with E-state index in [2.05, 4.69) is 10.6 Å². The topological polar surface area (TPSA) is 63.5 Å². The van der Waals surface area contributed by atoms with Crippen molar-refractivity contribution in [1.29, 1.82) is 0 Å². The summed E-state index contributed by atoms with van der Waals surface area (Å²) in [6, 6.07) is 3.94. The molecule has 2 heterocycles. The third kappa shape index (κ3) is 4.36. The normalized spacial score (nSPS) is 18.6. The number of nitrogens with one attached hydrogen (secondary N) is 2. The lowest BCUT2D eigenvalue weighted by Crippen LogP contribution is -2.59. The SMILES string of the molecule is CC(CCc1ccco1)NC(=O)COC1(C)CNC1. The predicted octanol–water partition coefficient (Wildman–Crippen LogP) is 1.10. The van der Waals surface area contributed by atoms with Crippen molar-refractivity contribution in [3.05, 3.63) is 24.2 Å². The highest BCUT2D eigenvalue weighted by Gasteiger charge is 2.33. The fourth-order valence-corrected chi connectivity index (χ4v) is 2.02. The summed E-state index contributed by atoms with van der Waals surface area (Å²) in [5.41, 5.74) is -0.172. The minimum atomic E-state index is -0.172. The fourth-order valence-electron chi connectivity index (χ4n) is 2.02. The van der Waals surface area contributed by atoms with Crippen LogP contribution in [-0.2, 0) is 16.0 Å². The summed E-state index contributed by atoms with van der Waals surface area (Å²) in [6.07, 6.45) is 3.36. The molecule has 1 aliphatic rings. The van der Waals surface area contributed by atoms with E-state index in [-0.39, 0.29) is 24.2 Å². The Morgan fingerprint density at radius 3 is 3.00 bits per heavy atom. The Hall–Kier alpha value is -1.33. The van der Waals surface area contributed by atoms with E-state index in [4.69, 9.17) is 9.15 Å². The standard InChI is InChI=1S/C14H22N2O3/c1-11(5-6-12-4-3-7-18-12)16-13(17)8-19-14(2)9-15-10-14/h3-4,7,11,15H,5-6,8-10H2,1-2H3,(H,16,17). The van der Waals surface area contributed by atoms with Crippen LogP contribution in [-0.4, -0.2) is 37.2 Å². The predicted molar refractivity (Wildman–Crippen MR) is 71.9 cm³/mol. The molecule has 1 fully saturated rings. The molecule has 1 unspecified atom stereocenters. The molecule has 19 heavy (non-hydrogen) atoms. The van der Waals surface area contributed by atoms with Crippen LogP contribution in [0.25, 0.3) is 0 Å². The highest BCUT2D eigenvalue weighted by atomic mass is 16.5. The minimum Gasteiger partial charge on any atom is -0.469 e. The maximum absolute atomic E-state index is 11.7. The summed E-state index contributed by atoms with van der Waals surface area (Å²) in [4.78, 5) is 11.7. The van der Waals surface area contributed by atoms with Crippen molar-refractivity contribution in [3.63, 3.8) is 0 Å². The summed E-state index contributed by atoms with van der Waals surface area (Å²) in [5, 5.41) is 6.07. The first-order valence-corrected chi connectivity index (χ1v) is 6.74. The van der Waals surface area contributed by atoms with Gasteiger partial charge < -0.3 is 19.8 Å². The second-order valence-corrected chi connectivity index (χ2v) is 5.43. The van der Waals surface area contributed by atoms with Crippen LogP contribution in [0, 0.1) is 0 Å². The van der Waals surface area contributed by atoms with Gasteiger partial charge in [-0.2, -0.15) is 0 Å². The lowest BCUT2D eigenvalue weighted by atomic mass is 10.0. The Morgan fingerprint density at radius 1 is 1.63 bits per heavy atom. The number of carbonyl (C=O) groups is 1.